The molecule has 0 saturated carbocycles. The number of allylic oxidation sites excluding steroid dienone is 3. The summed E-state index contributed by atoms with van der Waals surface area (Å²) in [5.41, 5.74) is 7.64. The molecule has 0 radical (unpaired) electrons. The van der Waals surface area contributed by atoms with Crippen molar-refractivity contribution in [2.45, 2.75) is 130 Å². The van der Waals surface area contributed by atoms with Gasteiger partial charge < -0.3 is 15.5 Å². The van der Waals surface area contributed by atoms with Crippen molar-refractivity contribution >= 4 is 36.7 Å². The molecule has 0 aromatic carbocycles. The van der Waals surface area contributed by atoms with Crippen molar-refractivity contribution in [3.63, 3.8) is 0 Å². The third kappa shape index (κ3) is 9.78. The molecule has 1 fully saturated rings. The van der Waals surface area contributed by atoms with Crippen LogP contribution in [0.1, 0.15) is 127 Å². The molecule has 1 aromatic rings. The van der Waals surface area contributed by atoms with E-state index >= 15 is 0 Å². The van der Waals surface area contributed by atoms with Gasteiger partial charge in [-0.1, -0.05) is 61.6 Å². The van der Waals surface area contributed by atoms with Gasteiger partial charge in [0.15, 0.2) is 5.84 Å². The SMILES string of the molecule is C=CNCC/C(=C\CCC(C)(C)C)C1C=C(CCC2CCCN2C)NC(C(=N)/C(CCC)=C(\C)C2CCCc3sc(P)c(C#N)c32)=N1. The van der Waals surface area contributed by atoms with Gasteiger partial charge in [-0.05, 0) is 126 Å². The standard InChI is InChI=1S/C39H59N6PS/c1-8-13-31(26(3)30-16-10-17-34-35(30)32(25-40)38(46)47-34)36(41)37-43-28(18-19-29-15-12-23-45(29)7)24-33(44-37)27(20-22-42-9-2)14-11-21-39(4,5)6/h9,14,24,29-30,33,41-42H,2,8,10-13,15-23,46H2,1,3-7H3,(H,43,44)/b27-14+,31-26+,41-36?. The summed E-state index contributed by atoms with van der Waals surface area (Å²) in [7, 11) is 5.04. The molecule has 0 amide bonds. The van der Waals surface area contributed by atoms with Gasteiger partial charge in [0.25, 0.3) is 0 Å². The number of rotatable bonds is 15. The minimum absolute atomic E-state index is 0.0966. The number of aliphatic imine (C=N–C) groups is 1. The number of likely N-dealkylation sites (tertiary alicyclic amines) is 1. The van der Waals surface area contributed by atoms with Gasteiger partial charge in [-0.25, -0.2) is 0 Å². The molecule has 3 aliphatic rings. The number of nitriles is 1. The van der Waals surface area contributed by atoms with Crippen LogP contribution in [0.4, 0.5) is 0 Å². The first-order valence-corrected chi connectivity index (χ1v) is 19.3. The lowest BCUT2D eigenvalue weighted by molar-refractivity contribution is 0.296. The number of nitrogens with one attached hydrogen (secondary N) is 3. The molecule has 4 atom stereocenters. The maximum atomic E-state index is 10.1. The molecule has 47 heavy (non-hydrogen) atoms. The Bertz CT molecular complexity index is 1450. The maximum Gasteiger partial charge on any atom is 0.151 e. The Labute approximate surface area is 291 Å². The number of amidine groups is 1. The summed E-state index contributed by atoms with van der Waals surface area (Å²) in [6, 6.07) is 3.02. The van der Waals surface area contributed by atoms with E-state index in [0.29, 0.717) is 17.6 Å². The number of aryl methyl sites for hydroxylation is 1. The van der Waals surface area contributed by atoms with Gasteiger partial charge in [0, 0.05) is 33.7 Å². The highest BCUT2D eigenvalue weighted by molar-refractivity contribution is 7.43. The quantitative estimate of drug-likeness (QED) is 0.0752. The second kappa shape index (κ2) is 17.2. The molecule has 3 N–H and O–H groups in total. The summed E-state index contributed by atoms with van der Waals surface area (Å²) in [4.78, 5) is 9.16. The van der Waals surface area contributed by atoms with Crippen molar-refractivity contribution in [1.82, 2.24) is 15.5 Å². The van der Waals surface area contributed by atoms with Gasteiger partial charge in [-0.3, -0.25) is 10.4 Å². The Hall–Kier alpha value is -2.52. The molecule has 1 aromatic heterocycles. The average Bonchev–Trinajstić information content (AvgIpc) is 3.61. The summed E-state index contributed by atoms with van der Waals surface area (Å²) < 4.78 is 1.05. The van der Waals surface area contributed by atoms with Gasteiger partial charge in [-0.15, -0.1) is 11.3 Å². The highest BCUT2D eigenvalue weighted by Crippen LogP contribution is 2.43. The van der Waals surface area contributed by atoms with E-state index in [4.69, 9.17) is 4.99 Å². The van der Waals surface area contributed by atoms with Crippen LogP contribution in [-0.2, 0) is 6.42 Å². The second-order valence-electron chi connectivity index (χ2n) is 14.9. The molecule has 3 heterocycles. The van der Waals surface area contributed by atoms with E-state index in [-0.39, 0.29) is 17.4 Å². The predicted octanol–water partition coefficient (Wildman–Crippen LogP) is 8.68. The van der Waals surface area contributed by atoms with E-state index in [0.717, 1.165) is 86.5 Å². The molecular formula is C39H59N6PS. The molecule has 0 bridgehead atoms. The zero-order valence-corrected chi connectivity index (χ0v) is 31.9. The van der Waals surface area contributed by atoms with E-state index in [1.165, 1.54) is 46.7 Å². The molecular weight excluding hydrogens is 616 g/mol. The molecule has 0 spiro atoms. The summed E-state index contributed by atoms with van der Waals surface area (Å²) in [6.45, 7) is 17.2. The van der Waals surface area contributed by atoms with Crippen molar-refractivity contribution in [3.8, 4) is 6.07 Å². The molecule has 1 aliphatic carbocycles. The number of hydrogen-bond acceptors (Lipinski definition) is 7. The monoisotopic (exact) mass is 674 g/mol. The lowest BCUT2D eigenvalue weighted by atomic mass is 9.78. The summed E-state index contributed by atoms with van der Waals surface area (Å²) in [6.07, 6.45) is 19.1. The van der Waals surface area contributed by atoms with Crippen molar-refractivity contribution in [3.05, 3.63) is 63.4 Å². The Morgan fingerprint density at radius 1 is 1.30 bits per heavy atom. The fourth-order valence-corrected chi connectivity index (χ4v) is 9.22. The lowest BCUT2D eigenvalue weighted by Gasteiger charge is -2.29. The van der Waals surface area contributed by atoms with Crippen LogP contribution >= 0.6 is 20.6 Å². The fourth-order valence-electron chi connectivity index (χ4n) is 7.45. The van der Waals surface area contributed by atoms with Gasteiger partial charge in [0.2, 0.25) is 0 Å². The zero-order chi connectivity index (χ0) is 34.1. The van der Waals surface area contributed by atoms with Crippen LogP contribution in [0.15, 0.2) is 52.3 Å². The summed E-state index contributed by atoms with van der Waals surface area (Å²) >= 11 is 1.76. The minimum atomic E-state index is -0.0966. The Morgan fingerprint density at radius 3 is 2.74 bits per heavy atom. The molecule has 256 valence electrons. The van der Waals surface area contributed by atoms with Crippen LogP contribution in [0.2, 0.25) is 0 Å². The topological polar surface area (TPSA) is 87.3 Å². The summed E-state index contributed by atoms with van der Waals surface area (Å²) in [5, 5.41) is 26.8. The van der Waals surface area contributed by atoms with E-state index in [1.54, 1.807) is 17.5 Å². The lowest BCUT2D eigenvalue weighted by Crippen LogP contribution is -2.38. The molecule has 4 rings (SSSR count). The van der Waals surface area contributed by atoms with Crippen LogP contribution in [0.3, 0.4) is 0 Å². The smallest absolute Gasteiger partial charge is 0.151 e. The third-order valence-electron chi connectivity index (χ3n) is 10.2. The van der Waals surface area contributed by atoms with E-state index in [9.17, 15) is 10.7 Å². The van der Waals surface area contributed by atoms with Crippen LogP contribution in [0, 0.1) is 22.2 Å². The normalized spacial score (nSPS) is 22.4. The highest BCUT2D eigenvalue weighted by Gasteiger charge is 2.32. The van der Waals surface area contributed by atoms with Crippen molar-refractivity contribution in [2.24, 2.45) is 10.4 Å². The van der Waals surface area contributed by atoms with Crippen LogP contribution in [0.25, 0.3) is 0 Å². The molecule has 1 saturated heterocycles. The highest BCUT2D eigenvalue weighted by atomic mass is 32.1. The first-order chi connectivity index (χ1) is 22.5. The van der Waals surface area contributed by atoms with E-state index in [1.807, 2.05) is 0 Å². The summed E-state index contributed by atoms with van der Waals surface area (Å²) in [5.74, 6) is 0.869. The fraction of sp³-hybridized carbons (Fsp3) is 0.615. The predicted molar refractivity (Wildman–Crippen MR) is 206 cm³/mol. The second-order valence-corrected chi connectivity index (χ2v) is 17.0. The molecule has 4 unspecified atom stereocenters. The van der Waals surface area contributed by atoms with Crippen LogP contribution in [-0.4, -0.2) is 48.7 Å². The number of thiophene rings is 1. The first-order valence-electron chi connectivity index (χ1n) is 17.9. The Balaban J connectivity index is 1.72. The molecule has 6 nitrogen and oxygen atoms in total. The first kappa shape index (κ1) is 37.3. The van der Waals surface area contributed by atoms with Crippen LogP contribution in [0.5, 0.6) is 0 Å². The van der Waals surface area contributed by atoms with Gasteiger partial charge in [-0.2, -0.15) is 5.26 Å². The van der Waals surface area contributed by atoms with Gasteiger partial charge >= 0.3 is 0 Å². The zero-order valence-electron chi connectivity index (χ0n) is 29.9. The van der Waals surface area contributed by atoms with Crippen molar-refractivity contribution in [1.29, 1.82) is 10.7 Å². The average molecular weight is 675 g/mol. The molecule has 8 heteroatoms. The largest absolute Gasteiger partial charge is 0.391 e. The van der Waals surface area contributed by atoms with Crippen molar-refractivity contribution < 1.29 is 0 Å². The Kier molecular flexibility index (Phi) is 13.7. The van der Waals surface area contributed by atoms with E-state index < -0.39 is 0 Å². The number of fused-ring (bicyclic) bond motifs is 1. The Morgan fingerprint density at radius 2 is 2.09 bits per heavy atom. The number of hydrogen-bond donors (Lipinski definition) is 3. The van der Waals surface area contributed by atoms with Gasteiger partial charge in [0.1, 0.15) is 6.07 Å². The number of nitrogens with zero attached hydrogens (tertiary/aromatic N) is 3. The van der Waals surface area contributed by atoms with Crippen molar-refractivity contribution in [2.75, 3.05) is 20.1 Å². The van der Waals surface area contributed by atoms with E-state index in [2.05, 4.69) is 91.2 Å². The van der Waals surface area contributed by atoms with Gasteiger partial charge in [0.05, 0.1) is 17.3 Å². The molecule has 2 aliphatic heterocycles. The minimum Gasteiger partial charge on any atom is -0.391 e. The maximum absolute atomic E-state index is 10.1. The van der Waals surface area contributed by atoms with Crippen LogP contribution < -0.4 is 15.3 Å². The third-order valence-corrected chi connectivity index (χ3v) is 11.9.